The molecule has 0 aliphatic heterocycles. The molecule has 170 valence electrons. The number of ether oxygens (including phenoxy) is 5. The van der Waals surface area contributed by atoms with E-state index >= 15 is 0 Å². The maximum atomic E-state index is 11.7. The van der Waals surface area contributed by atoms with Crippen LogP contribution in [0.2, 0.25) is 0 Å². The quantitative estimate of drug-likeness (QED) is 0.157. The summed E-state index contributed by atoms with van der Waals surface area (Å²) in [6.45, 7) is 8.04. The molecule has 0 radical (unpaired) electrons. The van der Waals surface area contributed by atoms with E-state index in [1.807, 2.05) is 0 Å². The zero-order chi connectivity index (χ0) is 23.1. The molecule has 0 saturated carbocycles. The highest BCUT2D eigenvalue weighted by Gasteiger charge is 2.17. The lowest BCUT2D eigenvalue weighted by Gasteiger charge is -2.15. The van der Waals surface area contributed by atoms with E-state index in [4.69, 9.17) is 18.9 Å². The van der Waals surface area contributed by atoms with Crippen molar-refractivity contribution in [2.45, 2.75) is 45.5 Å². The molecule has 0 spiro atoms. The van der Waals surface area contributed by atoms with Gasteiger partial charge in [0.05, 0.1) is 26.1 Å². The minimum atomic E-state index is -1.53. The summed E-state index contributed by atoms with van der Waals surface area (Å²) in [6, 6.07) is 0. The van der Waals surface area contributed by atoms with Crippen LogP contribution < -0.4 is 0 Å². The van der Waals surface area contributed by atoms with Crippen molar-refractivity contribution < 1.29 is 53.1 Å². The minimum Gasteiger partial charge on any atom is -0.462 e. The largest absolute Gasteiger partial charge is 0.462 e. The number of rotatable bonds is 15. The summed E-state index contributed by atoms with van der Waals surface area (Å²) in [7, 11) is 0. The minimum absolute atomic E-state index is 0.0746. The van der Waals surface area contributed by atoms with Crippen molar-refractivity contribution >= 4 is 23.9 Å². The fraction of sp³-hybridized carbons (Fsp3) is 0.579. The molecule has 0 aliphatic carbocycles. The zero-order valence-electron chi connectivity index (χ0n) is 17.1. The van der Waals surface area contributed by atoms with Crippen molar-refractivity contribution in [2.24, 2.45) is 0 Å². The number of carbonyl (C=O) groups excluding carboxylic acids is 4. The molecule has 0 saturated heterocycles. The molecule has 0 heterocycles. The van der Waals surface area contributed by atoms with E-state index < -0.39 is 56.3 Å². The average Bonchev–Trinajstić information content (AvgIpc) is 2.69. The van der Waals surface area contributed by atoms with Crippen molar-refractivity contribution in [3.63, 3.8) is 0 Å². The topological polar surface area (TPSA) is 155 Å². The molecule has 30 heavy (non-hydrogen) atoms. The number of carbonyl (C=O) groups is 4. The molecule has 0 fully saturated rings. The van der Waals surface area contributed by atoms with E-state index in [1.165, 1.54) is 13.8 Å². The molecular formula is C19H28O11. The summed E-state index contributed by atoms with van der Waals surface area (Å²) in [6.07, 6.45) is -3.01. The van der Waals surface area contributed by atoms with Gasteiger partial charge in [-0.1, -0.05) is 13.2 Å². The van der Waals surface area contributed by atoms with Crippen LogP contribution in [0.15, 0.2) is 24.3 Å². The molecule has 0 aliphatic rings. The van der Waals surface area contributed by atoms with Gasteiger partial charge in [-0.2, -0.15) is 0 Å². The van der Waals surface area contributed by atoms with E-state index in [0.29, 0.717) is 0 Å². The Morgan fingerprint density at radius 3 is 2.03 bits per heavy atom. The van der Waals surface area contributed by atoms with Crippen LogP contribution in [-0.2, 0) is 42.9 Å². The van der Waals surface area contributed by atoms with E-state index in [2.05, 4.69) is 17.9 Å². The van der Waals surface area contributed by atoms with Gasteiger partial charge in [0.15, 0.2) is 13.1 Å². The third-order valence-corrected chi connectivity index (χ3v) is 3.24. The normalized spacial score (nSPS) is 12.3. The molecule has 0 rings (SSSR count). The molecule has 2 unspecified atom stereocenters. The lowest BCUT2D eigenvalue weighted by molar-refractivity contribution is -0.197. The lowest BCUT2D eigenvalue weighted by Crippen LogP contribution is -2.26. The van der Waals surface area contributed by atoms with Crippen LogP contribution in [0.1, 0.15) is 33.1 Å². The Hall–Kier alpha value is -2.76. The second-order valence-corrected chi connectivity index (χ2v) is 6.13. The highest BCUT2D eigenvalue weighted by Crippen LogP contribution is 2.05. The standard InChI is InChI=1S/C19H28O11/c1-12(2)18(24)26-8-7-14(9-20)30-16(22)6-5-15(21)27-10-17(23)28-11-29-19(25)13(3)4/h14,17,20,23H,1,3,5-11H2,2,4H3. The van der Waals surface area contributed by atoms with Crippen LogP contribution in [0.3, 0.4) is 0 Å². The molecule has 2 atom stereocenters. The predicted molar refractivity (Wildman–Crippen MR) is 100 cm³/mol. The maximum absolute atomic E-state index is 11.7. The fourth-order valence-corrected chi connectivity index (χ4v) is 1.62. The summed E-state index contributed by atoms with van der Waals surface area (Å²) in [5.74, 6) is -2.86. The van der Waals surface area contributed by atoms with E-state index in [0.717, 1.165) is 0 Å². The van der Waals surface area contributed by atoms with Crippen LogP contribution in [0.4, 0.5) is 0 Å². The zero-order valence-corrected chi connectivity index (χ0v) is 17.1. The first-order valence-corrected chi connectivity index (χ1v) is 8.97. The molecule has 11 nitrogen and oxygen atoms in total. The number of aliphatic hydroxyl groups excluding tert-OH is 2. The first-order valence-electron chi connectivity index (χ1n) is 8.97. The van der Waals surface area contributed by atoms with Gasteiger partial charge in [0.1, 0.15) is 12.7 Å². The number of aliphatic hydroxyl groups is 2. The molecule has 0 aromatic carbocycles. The SMILES string of the molecule is C=C(C)C(=O)OCCC(CO)OC(=O)CCC(=O)OCC(O)OCOC(=O)C(=C)C. The summed E-state index contributed by atoms with van der Waals surface area (Å²) < 4.78 is 23.8. The number of hydrogen-bond acceptors (Lipinski definition) is 11. The van der Waals surface area contributed by atoms with Gasteiger partial charge in [-0.3, -0.25) is 9.59 Å². The summed E-state index contributed by atoms with van der Waals surface area (Å²) in [4.78, 5) is 45.6. The van der Waals surface area contributed by atoms with Crippen LogP contribution >= 0.6 is 0 Å². The summed E-state index contributed by atoms with van der Waals surface area (Å²) >= 11 is 0. The highest BCUT2D eigenvalue weighted by atomic mass is 16.7. The van der Waals surface area contributed by atoms with Gasteiger partial charge in [0.2, 0.25) is 0 Å². The molecular weight excluding hydrogens is 404 g/mol. The molecule has 11 heteroatoms. The third-order valence-electron chi connectivity index (χ3n) is 3.24. The second-order valence-electron chi connectivity index (χ2n) is 6.13. The number of esters is 4. The van der Waals surface area contributed by atoms with Gasteiger partial charge in [-0.15, -0.1) is 0 Å². The van der Waals surface area contributed by atoms with Crippen LogP contribution in [0.25, 0.3) is 0 Å². The summed E-state index contributed by atoms with van der Waals surface area (Å²) in [5.41, 5.74) is 0.372. The Balaban J connectivity index is 4.01. The molecule has 0 bridgehead atoms. The molecule has 2 N–H and O–H groups in total. The second kappa shape index (κ2) is 15.1. The maximum Gasteiger partial charge on any atom is 0.335 e. The number of hydrogen-bond donors (Lipinski definition) is 2. The Morgan fingerprint density at radius 2 is 1.47 bits per heavy atom. The molecule has 0 aromatic heterocycles. The van der Waals surface area contributed by atoms with E-state index in [-0.39, 0.29) is 37.0 Å². The van der Waals surface area contributed by atoms with Crippen molar-refractivity contribution in [3.05, 3.63) is 24.3 Å². The smallest absolute Gasteiger partial charge is 0.335 e. The van der Waals surface area contributed by atoms with E-state index in [1.54, 1.807) is 0 Å². The van der Waals surface area contributed by atoms with Gasteiger partial charge in [0, 0.05) is 17.6 Å². The average molecular weight is 432 g/mol. The monoisotopic (exact) mass is 432 g/mol. The highest BCUT2D eigenvalue weighted by molar-refractivity contribution is 5.87. The Kier molecular flexibility index (Phi) is 13.7. The summed E-state index contributed by atoms with van der Waals surface area (Å²) in [5, 5.41) is 18.7. The van der Waals surface area contributed by atoms with Crippen molar-refractivity contribution in [3.8, 4) is 0 Å². The Morgan fingerprint density at radius 1 is 0.900 bits per heavy atom. The van der Waals surface area contributed by atoms with Gasteiger partial charge in [0.25, 0.3) is 0 Å². The third kappa shape index (κ3) is 13.4. The van der Waals surface area contributed by atoms with Crippen LogP contribution in [0, 0.1) is 0 Å². The first-order chi connectivity index (χ1) is 14.1. The Labute approximate surface area is 174 Å². The van der Waals surface area contributed by atoms with Crippen molar-refractivity contribution in [1.82, 2.24) is 0 Å². The van der Waals surface area contributed by atoms with Crippen LogP contribution in [-0.4, -0.2) is 73.1 Å². The van der Waals surface area contributed by atoms with E-state index in [9.17, 15) is 29.4 Å². The molecule has 0 aromatic rings. The lowest BCUT2D eigenvalue weighted by atomic mass is 10.2. The fourth-order valence-electron chi connectivity index (χ4n) is 1.62. The Bertz CT molecular complexity index is 626. The van der Waals surface area contributed by atoms with Crippen molar-refractivity contribution in [2.75, 3.05) is 26.6 Å². The van der Waals surface area contributed by atoms with Gasteiger partial charge in [-0.05, 0) is 13.8 Å². The van der Waals surface area contributed by atoms with Crippen LogP contribution in [0.5, 0.6) is 0 Å². The van der Waals surface area contributed by atoms with Gasteiger partial charge >= 0.3 is 23.9 Å². The van der Waals surface area contributed by atoms with Crippen molar-refractivity contribution in [1.29, 1.82) is 0 Å². The first kappa shape index (κ1) is 27.2. The predicted octanol–water partition coefficient (Wildman–Crippen LogP) is 0.135. The van der Waals surface area contributed by atoms with Gasteiger partial charge in [-0.25, -0.2) is 9.59 Å². The molecule has 0 amide bonds. The van der Waals surface area contributed by atoms with Gasteiger partial charge < -0.3 is 33.9 Å².